The Morgan fingerprint density at radius 3 is 3.00 bits per heavy atom. The fourth-order valence-electron chi connectivity index (χ4n) is 2.10. The molecule has 1 aromatic carbocycles. The Morgan fingerprint density at radius 1 is 1.24 bits per heavy atom. The van der Waals surface area contributed by atoms with Crippen LogP contribution >= 0.6 is 11.3 Å². The summed E-state index contributed by atoms with van der Waals surface area (Å²) >= 11 is 1.69. The maximum absolute atomic E-state index is 4.36. The second kappa shape index (κ2) is 4.68. The third kappa shape index (κ3) is 2.22. The zero-order valence-electron chi connectivity index (χ0n) is 9.41. The molecule has 0 radical (unpaired) electrons. The number of benzene rings is 1. The minimum atomic E-state index is 0.514. The van der Waals surface area contributed by atoms with E-state index in [1.54, 1.807) is 11.3 Å². The fraction of sp³-hybridized carbons (Fsp3) is 0.133. The Bertz CT molecular complexity index is 552. The lowest BCUT2D eigenvalue weighted by atomic mass is 9.92. The number of aromatic nitrogens is 1. The van der Waals surface area contributed by atoms with Gasteiger partial charge in [0.05, 0.1) is 0 Å². The highest BCUT2D eigenvalue weighted by molar-refractivity contribution is 7.13. The van der Waals surface area contributed by atoms with Crippen molar-refractivity contribution >= 4 is 11.3 Å². The van der Waals surface area contributed by atoms with E-state index in [0.29, 0.717) is 5.92 Å². The normalized spacial score (nSPS) is 18.5. The second-order valence-electron chi connectivity index (χ2n) is 4.12. The highest BCUT2D eigenvalue weighted by Gasteiger charge is 2.09. The van der Waals surface area contributed by atoms with Gasteiger partial charge in [0.2, 0.25) is 0 Å². The Labute approximate surface area is 105 Å². The van der Waals surface area contributed by atoms with Gasteiger partial charge in [-0.2, -0.15) is 0 Å². The van der Waals surface area contributed by atoms with Crippen molar-refractivity contribution in [2.24, 2.45) is 0 Å². The Hall–Kier alpha value is -1.67. The third-order valence-corrected chi connectivity index (χ3v) is 3.80. The molecule has 0 bridgehead atoms. The lowest BCUT2D eigenvalue weighted by molar-refractivity contribution is 0.854. The molecule has 0 saturated carbocycles. The quantitative estimate of drug-likeness (QED) is 0.756. The molecule has 17 heavy (non-hydrogen) atoms. The van der Waals surface area contributed by atoms with Crippen molar-refractivity contribution in [3.63, 3.8) is 0 Å². The van der Waals surface area contributed by atoms with E-state index >= 15 is 0 Å². The molecule has 1 atom stereocenters. The van der Waals surface area contributed by atoms with Gasteiger partial charge < -0.3 is 0 Å². The van der Waals surface area contributed by atoms with Crippen molar-refractivity contribution in [2.45, 2.75) is 12.3 Å². The molecule has 2 heteroatoms. The first-order valence-corrected chi connectivity index (χ1v) is 6.64. The summed E-state index contributed by atoms with van der Waals surface area (Å²) in [7, 11) is 0. The highest BCUT2D eigenvalue weighted by atomic mass is 32.1. The molecular weight excluding hydrogens is 226 g/mol. The van der Waals surface area contributed by atoms with Crippen LogP contribution in [0.4, 0.5) is 0 Å². The molecule has 0 fully saturated rings. The van der Waals surface area contributed by atoms with Gasteiger partial charge in [0.1, 0.15) is 5.01 Å². The minimum Gasteiger partial charge on any atom is -0.245 e. The van der Waals surface area contributed by atoms with Crippen LogP contribution < -0.4 is 0 Å². The highest BCUT2D eigenvalue weighted by Crippen LogP contribution is 2.29. The summed E-state index contributed by atoms with van der Waals surface area (Å²) in [6.45, 7) is 0. The summed E-state index contributed by atoms with van der Waals surface area (Å²) in [5, 5.41) is 3.12. The molecule has 1 nitrogen and oxygen atoms in total. The van der Waals surface area contributed by atoms with Crippen LogP contribution in [0.5, 0.6) is 0 Å². The number of allylic oxidation sites excluding steroid dienone is 4. The maximum atomic E-state index is 4.36. The summed E-state index contributed by atoms with van der Waals surface area (Å²) in [6, 6.07) is 8.71. The van der Waals surface area contributed by atoms with Gasteiger partial charge in [-0.3, -0.25) is 0 Å². The van der Waals surface area contributed by atoms with Crippen LogP contribution in [-0.4, -0.2) is 4.98 Å². The van der Waals surface area contributed by atoms with Gasteiger partial charge in [-0.15, -0.1) is 11.3 Å². The fourth-order valence-corrected chi connectivity index (χ4v) is 2.73. The first-order valence-electron chi connectivity index (χ1n) is 5.76. The molecule has 0 spiro atoms. The molecule has 0 aliphatic heterocycles. The average molecular weight is 239 g/mol. The van der Waals surface area contributed by atoms with Gasteiger partial charge in [0.25, 0.3) is 0 Å². The number of hydrogen-bond donors (Lipinski definition) is 0. The van der Waals surface area contributed by atoms with Crippen LogP contribution in [0.3, 0.4) is 0 Å². The van der Waals surface area contributed by atoms with Crippen LogP contribution in [-0.2, 0) is 0 Å². The second-order valence-corrected chi connectivity index (χ2v) is 5.01. The van der Waals surface area contributed by atoms with E-state index in [9.17, 15) is 0 Å². The first kappa shape index (κ1) is 10.5. The minimum absolute atomic E-state index is 0.514. The Balaban J connectivity index is 1.94. The Kier molecular flexibility index (Phi) is 2.88. The van der Waals surface area contributed by atoms with Crippen LogP contribution in [0, 0.1) is 0 Å². The summed E-state index contributed by atoms with van der Waals surface area (Å²) in [4.78, 5) is 4.36. The molecular formula is C15H13NS. The molecule has 1 aliphatic rings. The molecule has 2 aromatic rings. The zero-order valence-corrected chi connectivity index (χ0v) is 10.2. The van der Waals surface area contributed by atoms with Crippen LogP contribution in [0.2, 0.25) is 0 Å². The predicted molar refractivity (Wildman–Crippen MR) is 73.2 cm³/mol. The molecule has 1 heterocycles. The van der Waals surface area contributed by atoms with E-state index in [1.165, 1.54) is 11.1 Å². The molecule has 0 N–H and O–H groups in total. The van der Waals surface area contributed by atoms with E-state index < -0.39 is 0 Å². The van der Waals surface area contributed by atoms with Crippen LogP contribution in [0.1, 0.15) is 17.9 Å². The topological polar surface area (TPSA) is 12.9 Å². The van der Waals surface area contributed by atoms with Gasteiger partial charge in [0, 0.05) is 23.1 Å². The summed E-state index contributed by atoms with van der Waals surface area (Å²) < 4.78 is 0. The smallest absolute Gasteiger partial charge is 0.123 e. The van der Waals surface area contributed by atoms with E-state index in [0.717, 1.165) is 11.4 Å². The lowest BCUT2D eigenvalue weighted by Crippen LogP contribution is -1.96. The van der Waals surface area contributed by atoms with Gasteiger partial charge in [-0.05, 0) is 18.1 Å². The molecule has 0 saturated heterocycles. The molecule has 84 valence electrons. The zero-order chi connectivity index (χ0) is 11.5. The summed E-state index contributed by atoms with van der Waals surface area (Å²) in [5.41, 5.74) is 2.60. The van der Waals surface area contributed by atoms with Gasteiger partial charge in [-0.25, -0.2) is 4.98 Å². The van der Waals surface area contributed by atoms with Crippen molar-refractivity contribution in [2.75, 3.05) is 0 Å². The molecule has 3 rings (SSSR count). The molecule has 1 aliphatic carbocycles. The SMILES string of the molecule is C1=CCC(c2cccc(-c3nccs3)c2)C=C1. The van der Waals surface area contributed by atoms with Crippen LogP contribution in [0.25, 0.3) is 10.6 Å². The molecule has 1 aromatic heterocycles. The van der Waals surface area contributed by atoms with E-state index in [4.69, 9.17) is 0 Å². The lowest BCUT2D eigenvalue weighted by Gasteiger charge is -2.14. The van der Waals surface area contributed by atoms with Crippen molar-refractivity contribution < 1.29 is 0 Å². The van der Waals surface area contributed by atoms with Gasteiger partial charge in [0.15, 0.2) is 0 Å². The molecule has 0 amide bonds. The summed E-state index contributed by atoms with van der Waals surface area (Å²) in [6.07, 6.45) is 11.7. The van der Waals surface area contributed by atoms with Crippen molar-refractivity contribution in [3.05, 3.63) is 65.7 Å². The largest absolute Gasteiger partial charge is 0.245 e. The molecule has 1 unspecified atom stereocenters. The maximum Gasteiger partial charge on any atom is 0.123 e. The number of thiazole rings is 1. The van der Waals surface area contributed by atoms with E-state index in [1.807, 2.05) is 11.6 Å². The number of nitrogens with zero attached hydrogens (tertiary/aromatic N) is 1. The van der Waals surface area contributed by atoms with Gasteiger partial charge >= 0.3 is 0 Å². The number of rotatable bonds is 2. The van der Waals surface area contributed by atoms with Gasteiger partial charge in [-0.1, -0.05) is 42.5 Å². The van der Waals surface area contributed by atoms with E-state index in [-0.39, 0.29) is 0 Å². The van der Waals surface area contributed by atoms with Crippen molar-refractivity contribution in [1.29, 1.82) is 0 Å². The monoisotopic (exact) mass is 239 g/mol. The predicted octanol–water partition coefficient (Wildman–Crippen LogP) is 4.41. The average Bonchev–Trinajstić information content (AvgIpc) is 2.94. The van der Waals surface area contributed by atoms with Crippen molar-refractivity contribution in [1.82, 2.24) is 4.98 Å². The third-order valence-electron chi connectivity index (χ3n) is 2.97. The number of hydrogen-bond acceptors (Lipinski definition) is 2. The van der Waals surface area contributed by atoms with E-state index in [2.05, 4.69) is 53.6 Å². The first-order chi connectivity index (χ1) is 8.43. The Morgan fingerprint density at radius 2 is 2.24 bits per heavy atom. The standard InChI is InChI=1S/C15H13NS/c1-2-5-12(6-3-1)13-7-4-8-14(11-13)15-16-9-10-17-15/h1-5,7-12H,6H2. The van der Waals surface area contributed by atoms with Crippen LogP contribution in [0.15, 0.2) is 60.1 Å². The summed E-state index contributed by atoms with van der Waals surface area (Å²) in [5.74, 6) is 0.514. The van der Waals surface area contributed by atoms with Crippen molar-refractivity contribution in [3.8, 4) is 10.6 Å².